The molecule has 0 spiro atoms. The van der Waals surface area contributed by atoms with Gasteiger partial charge in [-0.3, -0.25) is 4.68 Å². The number of hydrogen-bond acceptors (Lipinski definition) is 5. The Balaban J connectivity index is 1.79. The highest BCUT2D eigenvalue weighted by molar-refractivity contribution is 5.62. The number of fused-ring (bicyclic) bond motifs is 1. The standard InChI is InChI=1S/C13H14N6O/c14-13-16-12-3-1-2-11(19(12)17-13)9-6-15-18(7-9)10-4-5-20-8-10/h1-3,6-7,10H,4-5,8H2,(H2,14,17). The average Bonchev–Trinajstić information content (AvgIpc) is 3.17. The van der Waals surface area contributed by atoms with Gasteiger partial charge in [0.2, 0.25) is 5.95 Å². The summed E-state index contributed by atoms with van der Waals surface area (Å²) in [5.74, 6) is 0.272. The molecule has 1 aliphatic rings. The fraction of sp³-hybridized carbons (Fsp3) is 0.308. The number of hydrogen-bond donors (Lipinski definition) is 1. The summed E-state index contributed by atoms with van der Waals surface area (Å²) in [6.45, 7) is 1.52. The maximum atomic E-state index is 5.66. The lowest BCUT2D eigenvalue weighted by Crippen LogP contribution is -2.08. The molecule has 0 amide bonds. The van der Waals surface area contributed by atoms with Gasteiger partial charge in [-0.25, -0.2) is 4.52 Å². The Morgan fingerprint density at radius 3 is 3.15 bits per heavy atom. The largest absolute Gasteiger partial charge is 0.379 e. The van der Waals surface area contributed by atoms with Crippen molar-refractivity contribution in [1.29, 1.82) is 0 Å². The lowest BCUT2D eigenvalue weighted by molar-refractivity contribution is 0.184. The van der Waals surface area contributed by atoms with Crippen LogP contribution in [-0.2, 0) is 4.74 Å². The Morgan fingerprint density at radius 2 is 2.30 bits per heavy atom. The molecule has 0 saturated carbocycles. The summed E-state index contributed by atoms with van der Waals surface area (Å²) in [6.07, 6.45) is 4.86. The van der Waals surface area contributed by atoms with Crippen LogP contribution in [0.4, 0.5) is 5.95 Å². The molecule has 4 heterocycles. The summed E-state index contributed by atoms with van der Waals surface area (Å²) < 4.78 is 9.09. The first-order valence-electron chi connectivity index (χ1n) is 6.55. The number of nitrogens with two attached hydrogens (primary N) is 1. The zero-order valence-electron chi connectivity index (χ0n) is 10.8. The third kappa shape index (κ3) is 1.75. The van der Waals surface area contributed by atoms with Crippen LogP contribution in [0.15, 0.2) is 30.6 Å². The number of pyridine rings is 1. The summed E-state index contributed by atoms with van der Waals surface area (Å²) in [5.41, 5.74) is 8.32. The molecule has 3 aromatic rings. The van der Waals surface area contributed by atoms with Crippen LogP contribution >= 0.6 is 0 Å². The normalized spacial score (nSPS) is 18.9. The highest BCUT2D eigenvalue weighted by Gasteiger charge is 2.19. The third-order valence-corrected chi connectivity index (χ3v) is 3.55. The van der Waals surface area contributed by atoms with Crippen LogP contribution in [0.5, 0.6) is 0 Å². The summed E-state index contributed by atoms with van der Waals surface area (Å²) >= 11 is 0. The van der Waals surface area contributed by atoms with Gasteiger partial charge in [-0.2, -0.15) is 10.1 Å². The molecule has 1 atom stereocenters. The molecule has 0 bridgehead atoms. The molecule has 0 radical (unpaired) electrons. The predicted octanol–water partition coefficient (Wildman–Crippen LogP) is 1.14. The molecule has 7 heteroatoms. The van der Waals surface area contributed by atoms with Gasteiger partial charge in [0.25, 0.3) is 0 Å². The average molecular weight is 270 g/mol. The molecular weight excluding hydrogens is 256 g/mol. The van der Waals surface area contributed by atoms with E-state index < -0.39 is 0 Å². The highest BCUT2D eigenvalue weighted by atomic mass is 16.5. The molecule has 0 aliphatic carbocycles. The zero-order valence-corrected chi connectivity index (χ0v) is 10.8. The second kappa shape index (κ2) is 4.31. The molecule has 1 saturated heterocycles. The Labute approximate surface area is 115 Å². The first-order chi connectivity index (χ1) is 9.81. The smallest absolute Gasteiger partial charge is 0.240 e. The van der Waals surface area contributed by atoms with Crippen molar-refractivity contribution in [2.24, 2.45) is 0 Å². The van der Waals surface area contributed by atoms with E-state index in [1.165, 1.54) is 0 Å². The monoisotopic (exact) mass is 270 g/mol. The number of aromatic nitrogens is 5. The van der Waals surface area contributed by atoms with Crippen LogP contribution in [-0.4, -0.2) is 37.6 Å². The fourth-order valence-corrected chi connectivity index (χ4v) is 2.54. The van der Waals surface area contributed by atoms with Gasteiger partial charge in [0.15, 0.2) is 5.65 Å². The van der Waals surface area contributed by atoms with Crippen molar-refractivity contribution in [3.63, 3.8) is 0 Å². The quantitative estimate of drug-likeness (QED) is 0.755. The molecule has 1 unspecified atom stereocenters. The van der Waals surface area contributed by atoms with E-state index in [2.05, 4.69) is 15.2 Å². The minimum Gasteiger partial charge on any atom is -0.379 e. The Kier molecular flexibility index (Phi) is 2.46. The van der Waals surface area contributed by atoms with Gasteiger partial charge in [-0.1, -0.05) is 6.07 Å². The Morgan fingerprint density at radius 1 is 1.35 bits per heavy atom. The summed E-state index contributed by atoms with van der Waals surface area (Å²) in [4.78, 5) is 4.17. The van der Waals surface area contributed by atoms with Crippen molar-refractivity contribution < 1.29 is 4.74 Å². The van der Waals surface area contributed by atoms with Crippen molar-refractivity contribution in [3.8, 4) is 11.3 Å². The highest BCUT2D eigenvalue weighted by Crippen LogP contribution is 2.23. The lowest BCUT2D eigenvalue weighted by Gasteiger charge is -2.06. The van der Waals surface area contributed by atoms with E-state index in [9.17, 15) is 0 Å². The third-order valence-electron chi connectivity index (χ3n) is 3.55. The van der Waals surface area contributed by atoms with E-state index in [1.807, 2.05) is 35.3 Å². The van der Waals surface area contributed by atoms with Crippen molar-refractivity contribution in [3.05, 3.63) is 30.6 Å². The van der Waals surface area contributed by atoms with Crippen LogP contribution in [0.2, 0.25) is 0 Å². The maximum absolute atomic E-state index is 5.66. The number of anilines is 1. The lowest BCUT2D eigenvalue weighted by atomic mass is 10.2. The van der Waals surface area contributed by atoms with Crippen molar-refractivity contribution in [1.82, 2.24) is 24.4 Å². The molecule has 7 nitrogen and oxygen atoms in total. The maximum Gasteiger partial charge on any atom is 0.240 e. The first kappa shape index (κ1) is 11.4. The van der Waals surface area contributed by atoms with E-state index in [0.717, 1.165) is 36.5 Å². The predicted molar refractivity (Wildman–Crippen MR) is 73.1 cm³/mol. The molecule has 2 N–H and O–H groups in total. The van der Waals surface area contributed by atoms with Crippen LogP contribution in [0, 0.1) is 0 Å². The molecule has 3 aromatic heterocycles. The molecule has 1 aliphatic heterocycles. The van der Waals surface area contributed by atoms with Gasteiger partial charge in [0.1, 0.15) is 0 Å². The SMILES string of the molecule is Nc1nc2cccc(-c3cnn(C4CCOC4)c3)n2n1. The van der Waals surface area contributed by atoms with Crippen molar-refractivity contribution in [2.45, 2.75) is 12.5 Å². The van der Waals surface area contributed by atoms with Gasteiger partial charge < -0.3 is 10.5 Å². The molecule has 4 rings (SSSR count). The van der Waals surface area contributed by atoms with Crippen LogP contribution in [0.3, 0.4) is 0 Å². The fourth-order valence-electron chi connectivity index (χ4n) is 2.54. The molecule has 102 valence electrons. The van der Waals surface area contributed by atoms with Gasteiger partial charge in [0.05, 0.1) is 24.5 Å². The zero-order chi connectivity index (χ0) is 13.5. The Hall–Kier alpha value is -2.41. The van der Waals surface area contributed by atoms with Crippen LogP contribution in [0.25, 0.3) is 16.9 Å². The number of nitrogen functional groups attached to an aromatic ring is 1. The van der Waals surface area contributed by atoms with Crippen LogP contribution in [0.1, 0.15) is 12.5 Å². The minimum absolute atomic E-state index is 0.272. The van der Waals surface area contributed by atoms with Crippen molar-refractivity contribution >= 4 is 11.6 Å². The molecule has 0 aromatic carbocycles. The second-order valence-corrected chi connectivity index (χ2v) is 4.88. The van der Waals surface area contributed by atoms with Crippen molar-refractivity contribution in [2.75, 3.05) is 18.9 Å². The summed E-state index contributed by atoms with van der Waals surface area (Å²) in [7, 11) is 0. The van der Waals surface area contributed by atoms with E-state index in [1.54, 1.807) is 4.52 Å². The molecular formula is C13H14N6O. The van der Waals surface area contributed by atoms with Crippen LogP contribution < -0.4 is 5.73 Å². The summed E-state index contributed by atoms with van der Waals surface area (Å²) in [6, 6.07) is 6.12. The minimum atomic E-state index is 0.272. The van der Waals surface area contributed by atoms with Gasteiger partial charge in [0, 0.05) is 18.4 Å². The number of ether oxygens (including phenoxy) is 1. The molecule has 20 heavy (non-hydrogen) atoms. The number of rotatable bonds is 2. The molecule has 1 fully saturated rings. The van der Waals surface area contributed by atoms with E-state index in [4.69, 9.17) is 10.5 Å². The van der Waals surface area contributed by atoms with E-state index >= 15 is 0 Å². The second-order valence-electron chi connectivity index (χ2n) is 4.88. The van der Waals surface area contributed by atoms with Gasteiger partial charge in [-0.15, -0.1) is 5.10 Å². The van der Waals surface area contributed by atoms with Gasteiger partial charge >= 0.3 is 0 Å². The van der Waals surface area contributed by atoms with E-state index in [0.29, 0.717) is 6.04 Å². The van der Waals surface area contributed by atoms with Gasteiger partial charge in [-0.05, 0) is 18.6 Å². The first-order valence-corrected chi connectivity index (χ1v) is 6.55. The van der Waals surface area contributed by atoms with E-state index in [-0.39, 0.29) is 5.95 Å². The Bertz CT molecular complexity index is 755. The summed E-state index contributed by atoms with van der Waals surface area (Å²) in [5, 5.41) is 8.65. The number of nitrogens with zero attached hydrogens (tertiary/aromatic N) is 5. The topological polar surface area (TPSA) is 83.3 Å².